The highest BCUT2D eigenvalue weighted by molar-refractivity contribution is 5.68. The quantitative estimate of drug-likeness (QED) is 0.519. The van der Waals surface area contributed by atoms with Crippen molar-refractivity contribution in [3.63, 3.8) is 0 Å². The van der Waals surface area contributed by atoms with Crippen LogP contribution in [-0.4, -0.2) is 47.6 Å². The monoisotopic (exact) mass is 408 g/mol. The molecule has 0 N–H and O–H groups in total. The van der Waals surface area contributed by atoms with Gasteiger partial charge < -0.3 is 23.7 Å². The SMILES string of the molecule is CC(=O)O[C@@H]1C2=CC[C@](C)(OC(C)=O)CC2=CO[C@@]12O[C@@H](C)CC[C@H]2OC(C)=O. The molecule has 160 valence electrons. The van der Waals surface area contributed by atoms with Gasteiger partial charge in [0.25, 0.3) is 5.79 Å². The van der Waals surface area contributed by atoms with Crippen LogP contribution in [-0.2, 0) is 38.1 Å². The normalized spacial score (nSPS) is 36.1. The molecule has 0 aromatic rings. The van der Waals surface area contributed by atoms with Gasteiger partial charge in [-0.3, -0.25) is 14.4 Å². The maximum atomic E-state index is 11.9. The van der Waals surface area contributed by atoms with E-state index < -0.39 is 35.5 Å². The summed E-state index contributed by atoms with van der Waals surface area (Å²) in [7, 11) is 0. The van der Waals surface area contributed by atoms with Gasteiger partial charge in [0.1, 0.15) is 5.60 Å². The highest BCUT2D eigenvalue weighted by Gasteiger charge is 2.60. The summed E-state index contributed by atoms with van der Waals surface area (Å²) in [6.45, 7) is 7.74. The lowest BCUT2D eigenvalue weighted by molar-refractivity contribution is -0.334. The molecule has 0 amide bonds. The van der Waals surface area contributed by atoms with Crippen molar-refractivity contribution in [2.45, 2.75) is 90.0 Å². The number of ether oxygens (including phenoxy) is 5. The van der Waals surface area contributed by atoms with E-state index in [1.807, 2.05) is 19.9 Å². The lowest BCUT2D eigenvalue weighted by Crippen LogP contribution is -2.63. The van der Waals surface area contributed by atoms with E-state index in [4.69, 9.17) is 23.7 Å². The van der Waals surface area contributed by atoms with Gasteiger partial charge in [-0.15, -0.1) is 0 Å². The number of carbonyl (C=O) groups is 3. The van der Waals surface area contributed by atoms with Gasteiger partial charge >= 0.3 is 17.9 Å². The van der Waals surface area contributed by atoms with E-state index >= 15 is 0 Å². The van der Waals surface area contributed by atoms with Crippen LogP contribution in [0.1, 0.15) is 60.3 Å². The van der Waals surface area contributed by atoms with Crippen LogP contribution < -0.4 is 0 Å². The number of esters is 3. The second-order valence-electron chi connectivity index (χ2n) is 8.16. The molecule has 5 atom stereocenters. The highest BCUT2D eigenvalue weighted by atomic mass is 16.7. The first-order valence-electron chi connectivity index (χ1n) is 9.84. The first kappa shape index (κ1) is 21.4. The zero-order valence-electron chi connectivity index (χ0n) is 17.5. The minimum absolute atomic E-state index is 0.176. The van der Waals surface area contributed by atoms with Gasteiger partial charge in [0.05, 0.1) is 12.4 Å². The second kappa shape index (κ2) is 7.82. The van der Waals surface area contributed by atoms with Crippen molar-refractivity contribution >= 4 is 17.9 Å². The third-order valence-electron chi connectivity index (χ3n) is 5.37. The summed E-state index contributed by atoms with van der Waals surface area (Å²) in [5, 5.41) is 0. The van der Waals surface area contributed by atoms with Crippen LogP contribution in [0, 0.1) is 0 Å². The molecular formula is C21H28O8. The van der Waals surface area contributed by atoms with Crippen molar-refractivity contribution in [1.82, 2.24) is 0 Å². The molecule has 8 nitrogen and oxygen atoms in total. The molecule has 2 aliphatic heterocycles. The van der Waals surface area contributed by atoms with Crippen molar-refractivity contribution < 1.29 is 38.1 Å². The molecule has 2 heterocycles. The highest BCUT2D eigenvalue weighted by Crippen LogP contribution is 2.48. The van der Waals surface area contributed by atoms with Crippen LogP contribution in [0.2, 0.25) is 0 Å². The summed E-state index contributed by atoms with van der Waals surface area (Å²) in [4.78, 5) is 35.1. The van der Waals surface area contributed by atoms with Crippen LogP contribution in [0.4, 0.5) is 0 Å². The Kier molecular flexibility index (Phi) is 5.76. The maximum Gasteiger partial charge on any atom is 0.303 e. The third-order valence-corrected chi connectivity index (χ3v) is 5.37. The zero-order valence-corrected chi connectivity index (χ0v) is 17.5. The van der Waals surface area contributed by atoms with E-state index in [1.165, 1.54) is 20.8 Å². The first-order chi connectivity index (χ1) is 13.5. The number of hydrogen-bond donors (Lipinski definition) is 0. The second-order valence-corrected chi connectivity index (χ2v) is 8.16. The Hall–Kier alpha value is -2.35. The Morgan fingerprint density at radius 3 is 2.38 bits per heavy atom. The average molecular weight is 408 g/mol. The average Bonchev–Trinajstić information content (AvgIpc) is 2.58. The van der Waals surface area contributed by atoms with E-state index in [9.17, 15) is 14.4 Å². The van der Waals surface area contributed by atoms with Gasteiger partial charge in [0, 0.05) is 39.2 Å². The fourth-order valence-electron chi connectivity index (χ4n) is 4.31. The van der Waals surface area contributed by atoms with Crippen LogP contribution in [0.5, 0.6) is 0 Å². The van der Waals surface area contributed by atoms with E-state index in [0.29, 0.717) is 25.7 Å². The van der Waals surface area contributed by atoms with E-state index in [0.717, 1.165) is 11.1 Å². The van der Waals surface area contributed by atoms with Crippen molar-refractivity contribution in [2.75, 3.05) is 0 Å². The summed E-state index contributed by atoms with van der Waals surface area (Å²) < 4.78 is 28.9. The van der Waals surface area contributed by atoms with Gasteiger partial charge in [0.2, 0.25) is 0 Å². The van der Waals surface area contributed by atoms with Gasteiger partial charge in [0.15, 0.2) is 12.2 Å². The third kappa shape index (κ3) is 4.32. The smallest absolute Gasteiger partial charge is 0.303 e. The van der Waals surface area contributed by atoms with Gasteiger partial charge in [-0.2, -0.15) is 0 Å². The van der Waals surface area contributed by atoms with Crippen LogP contribution in [0.3, 0.4) is 0 Å². The fourth-order valence-corrected chi connectivity index (χ4v) is 4.31. The van der Waals surface area contributed by atoms with Gasteiger partial charge in [-0.05, 0) is 32.3 Å². The molecule has 0 aromatic carbocycles. The lowest BCUT2D eigenvalue weighted by Gasteiger charge is -2.51. The molecule has 8 heteroatoms. The molecule has 0 saturated carbocycles. The lowest BCUT2D eigenvalue weighted by atomic mass is 9.77. The summed E-state index contributed by atoms with van der Waals surface area (Å²) in [5.74, 6) is -2.79. The molecule has 0 bridgehead atoms. The molecule has 29 heavy (non-hydrogen) atoms. The largest absolute Gasteiger partial charge is 0.462 e. The van der Waals surface area contributed by atoms with Crippen LogP contribution >= 0.6 is 0 Å². The summed E-state index contributed by atoms with van der Waals surface area (Å²) in [6, 6.07) is 0. The Morgan fingerprint density at radius 2 is 1.76 bits per heavy atom. The Morgan fingerprint density at radius 1 is 1.07 bits per heavy atom. The zero-order chi connectivity index (χ0) is 21.4. The molecule has 1 spiro atoms. The number of carbonyl (C=O) groups excluding carboxylic acids is 3. The van der Waals surface area contributed by atoms with E-state index in [2.05, 4.69) is 0 Å². The van der Waals surface area contributed by atoms with Gasteiger partial charge in [-0.1, -0.05) is 6.08 Å². The number of hydrogen-bond acceptors (Lipinski definition) is 8. The fraction of sp³-hybridized carbons (Fsp3) is 0.667. The van der Waals surface area contributed by atoms with Crippen molar-refractivity contribution in [3.8, 4) is 0 Å². The Labute approximate surface area is 170 Å². The first-order valence-corrected chi connectivity index (χ1v) is 9.84. The van der Waals surface area contributed by atoms with Crippen molar-refractivity contribution in [2.24, 2.45) is 0 Å². The Balaban J connectivity index is 2.01. The predicted octanol–water partition coefficient (Wildman–Crippen LogP) is 2.70. The molecule has 3 rings (SSSR count). The number of rotatable bonds is 3. The topological polar surface area (TPSA) is 97.4 Å². The standard InChI is InChI=1S/C21H28O8/c1-12-6-7-18(26-13(2)22)21(28-12)19(27-14(3)23)17-8-9-20(5,29-15(4)24)10-16(17)11-25-21/h8,11-12,18-19H,6-7,9-10H2,1-5H3/t12-,18+,19+,20-,21-/m0/s1. The van der Waals surface area contributed by atoms with Gasteiger partial charge in [-0.25, -0.2) is 0 Å². The molecule has 1 aliphatic carbocycles. The Bertz CT molecular complexity index is 769. The van der Waals surface area contributed by atoms with Crippen LogP contribution in [0.25, 0.3) is 0 Å². The number of fused-ring (bicyclic) bond motifs is 1. The maximum absolute atomic E-state index is 11.9. The van der Waals surface area contributed by atoms with Crippen molar-refractivity contribution in [3.05, 3.63) is 23.5 Å². The van der Waals surface area contributed by atoms with E-state index in [1.54, 1.807) is 6.26 Å². The molecule has 0 radical (unpaired) electrons. The molecule has 0 unspecified atom stereocenters. The molecule has 3 aliphatic rings. The molecule has 0 aromatic heterocycles. The molecular weight excluding hydrogens is 380 g/mol. The van der Waals surface area contributed by atoms with E-state index in [-0.39, 0.29) is 12.1 Å². The minimum Gasteiger partial charge on any atom is -0.462 e. The minimum atomic E-state index is -1.46. The predicted molar refractivity (Wildman–Crippen MR) is 100 cm³/mol. The van der Waals surface area contributed by atoms with Crippen molar-refractivity contribution in [1.29, 1.82) is 0 Å². The summed E-state index contributed by atoms with van der Waals surface area (Å²) in [6.07, 6.45) is 3.64. The molecule has 1 fully saturated rings. The summed E-state index contributed by atoms with van der Waals surface area (Å²) in [5.41, 5.74) is 0.758. The van der Waals surface area contributed by atoms with Crippen LogP contribution in [0.15, 0.2) is 23.5 Å². The summed E-state index contributed by atoms with van der Waals surface area (Å²) >= 11 is 0. The molecule has 1 saturated heterocycles.